The van der Waals surface area contributed by atoms with E-state index in [4.69, 9.17) is 11.6 Å². The first-order valence-corrected chi connectivity index (χ1v) is 15.6. The van der Waals surface area contributed by atoms with Crippen molar-refractivity contribution in [3.8, 4) is 0 Å². The zero-order chi connectivity index (χ0) is 29.3. The number of amides is 2. The average molecular weight is 584 g/mol. The number of sulfonamides is 1. The van der Waals surface area contributed by atoms with Crippen LogP contribution >= 0.6 is 11.6 Å². The molecule has 3 aromatic carbocycles. The Morgan fingerprint density at radius 3 is 2.10 bits per heavy atom. The van der Waals surface area contributed by atoms with Crippen LogP contribution in [0, 0.1) is 6.92 Å². The summed E-state index contributed by atoms with van der Waals surface area (Å²) in [5.41, 5.74) is 3.09. The smallest absolute Gasteiger partial charge is 0.243 e. The SMILES string of the molecule is Cc1ccc(Cl)cc1N(CCCC(=O)N(Cc1ccccc1)C(Cc1ccccc1)C(=O)NC(C)C)S(C)(=O)=O. The second kappa shape index (κ2) is 14.3. The summed E-state index contributed by atoms with van der Waals surface area (Å²) in [4.78, 5) is 28.9. The van der Waals surface area contributed by atoms with Crippen LogP contribution in [0.15, 0.2) is 78.9 Å². The van der Waals surface area contributed by atoms with Gasteiger partial charge in [0.05, 0.1) is 11.9 Å². The van der Waals surface area contributed by atoms with Gasteiger partial charge in [-0.1, -0.05) is 78.3 Å². The van der Waals surface area contributed by atoms with Gasteiger partial charge in [0.15, 0.2) is 0 Å². The van der Waals surface area contributed by atoms with Gasteiger partial charge in [0, 0.05) is 37.0 Å². The van der Waals surface area contributed by atoms with Crippen LogP contribution < -0.4 is 9.62 Å². The Morgan fingerprint density at radius 1 is 0.925 bits per heavy atom. The Bertz CT molecular complexity index is 1380. The Kier molecular flexibility index (Phi) is 11.2. The van der Waals surface area contributed by atoms with E-state index in [1.807, 2.05) is 81.4 Å². The van der Waals surface area contributed by atoms with E-state index in [9.17, 15) is 18.0 Å². The summed E-state index contributed by atoms with van der Waals surface area (Å²) >= 11 is 6.16. The Labute approximate surface area is 243 Å². The van der Waals surface area contributed by atoms with Gasteiger partial charge in [0.1, 0.15) is 6.04 Å². The third kappa shape index (κ3) is 9.10. The van der Waals surface area contributed by atoms with Crippen molar-refractivity contribution in [2.45, 2.75) is 58.7 Å². The lowest BCUT2D eigenvalue weighted by atomic mass is 10.0. The molecule has 0 bridgehead atoms. The highest BCUT2D eigenvalue weighted by molar-refractivity contribution is 7.92. The maximum Gasteiger partial charge on any atom is 0.243 e. The number of anilines is 1. The molecule has 0 aromatic heterocycles. The van der Waals surface area contributed by atoms with Gasteiger partial charge >= 0.3 is 0 Å². The lowest BCUT2D eigenvalue weighted by Crippen LogP contribution is -2.51. The summed E-state index contributed by atoms with van der Waals surface area (Å²) in [6.07, 6.45) is 1.84. The predicted octanol–water partition coefficient (Wildman–Crippen LogP) is 5.36. The maximum atomic E-state index is 13.8. The number of hydrogen-bond acceptors (Lipinski definition) is 4. The predicted molar refractivity (Wildman–Crippen MR) is 162 cm³/mol. The number of carbonyl (C=O) groups is 2. The van der Waals surface area contributed by atoms with Crippen LogP contribution in [0.2, 0.25) is 5.02 Å². The number of nitrogens with one attached hydrogen (secondary N) is 1. The van der Waals surface area contributed by atoms with E-state index in [0.717, 1.165) is 22.9 Å². The molecule has 0 aliphatic carbocycles. The molecule has 0 spiro atoms. The van der Waals surface area contributed by atoms with Crippen molar-refractivity contribution >= 4 is 39.1 Å². The topological polar surface area (TPSA) is 86.8 Å². The van der Waals surface area contributed by atoms with Gasteiger partial charge in [0.2, 0.25) is 21.8 Å². The molecule has 0 heterocycles. The van der Waals surface area contributed by atoms with Crippen molar-refractivity contribution in [1.29, 1.82) is 0 Å². The zero-order valence-corrected chi connectivity index (χ0v) is 25.1. The number of benzene rings is 3. The van der Waals surface area contributed by atoms with Crippen LogP contribution in [-0.4, -0.2) is 50.0 Å². The van der Waals surface area contributed by atoms with Gasteiger partial charge in [0.25, 0.3) is 0 Å². The van der Waals surface area contributed by atoms with Gasteiger partial charge in [-0.3, -0.25) is 13.9 Å². The first-order chi connectivity index (χ1) is 19.0. The molecule has 0 saturated carbocycles. The number of hydrogen-bond donors (Lipinski definition) is 1. The van der Waals surface area contributed by atoms with Crippen LogP contribution in [0.5, 0.6) is 0 Å². The summed E-state index contributed by atoms with van der Waals surface area (Å²) in [6.45, 7) is 5.95. The minimum absolute atomic E-state index is 0.0682. The van der Waals surface area contributed by atoms with Crippen LogP contribution in [0.25, 0.3) is 0 Å². The van der Waals surface area contributed by atoms with Crippen molar-refractivity contribution < 1.29 is 18.0 Å². The maximum absolute atomic E-state index is 13.8. The molecule has 40 heavy (non-hydrogen) atoms. The Hall–Kier alpha value is -3.36. The van der Waals surface area contributed by atoms with Gasteiger partial charge in [-0.05, 0) is 56.0 Å². The number of carbonyl (C=O) groups excluding carboxylic acids is 2. The second-order valence-electron chi connectivity index (χ2n) is 10.2. The zero-order valence-electron chi connectivity index (χ0n) is 23.5. The standard InChI is InChI=1S/C31H38ClN3O4S/c1-23(2)33-31(37)29(20-25-12-7-5-8-13-25)34(22-26-14-9-6-10-15-26)30(36)16-11-19-35(40(4,38)39)28-21-27(32)18-17-24(28)3/h5-10,12-15,17-18,21,23,29H,11,16,19-20,22H2,1-4H3,(H,33,37). The number of aryl methyl sites for hydroxylation is 1. The molecule has 0 aliphatic heterocycles. The molecule has 3 rings (SSSR count). The summed E-state index contributed by atoms with van der Waals surface area (Å²) < 4.78 is 26.7. The molecule has 0 radical (unpaired) electrons. The molecule has 0 saturated heterocycles. The quantitative estimate of drug-likeness (QED) is 0.293. The van der Waals surface area contributed by atoms with Crippen molar-refractivity contribution in [3.05, 3.63) is 101 Å². The van der Waals surface area contributed by atoms with E-state index < -0.39 is 16.1 Å². The molecule has 1 atom stereocenters. The normalized spacial score (nSPS) is 12.2. The van der Waals surface area contributed by atoms with Crippen LogP contribution in [0.1, 0.15) is 43.4 Å². The highest BCUT2D eigenvalue weighted by Gasteiger charge is 2.31. The molecule has 0 aliphatic rings. The van der Waals surface area contributed by atoms with E-state index in [1.54, 1.807) is 23.1 Å². The highest BCUT2D eigenvalue weighted by atomic mass is 35.5. The molecular weight excluding hydrogens is 546 g/mol. The lowest BCUT2D eigenvalue weighted by Gasteiger charge is -2.32. The van der Waals surface area contributed by atoms with Crippen LogP contribution in [-0.2, 0) is 32.6 Å². The molecule has 0 fully saturated rings. The lowest BCUT2D eigenvalue weighted by molar-refractivity contribution is -0.141. The summed E-state index contributed by atoms with van der Waals surface area (Å²) in [5, 5.41) is 3.41. The van der Waals surface area contributed by atoms with Crippen molar-refractivity contribution in [2.24, 2.45) is 0 Å². The van der Waals surface area contributed by atoms with E-state index in [2.05, 4.69) is 5.32 Å². The minimum Gasteiger partial charge on any atom is -0.352 e. The molecule has 2 amide bonds. The first kappa shape index (κ1) is 31.2. The van der Waals surface area contributed by atoms with E-state index in [-0.39, 0.29) is 43.8 Å². The average Bonchev–Trinajstić information content (AvgIpc) is 2.90. The van der Waals surface area contributed by atoms with E-state index in [1.165, 1.54) is 4.31 Å². The third-order valence-corrected chi connectivity index (χ3v) is 7.90. The van der Waals surface area contributed by atoms with E-state index >= 15 is 0 Å². The molecule has 9 heteroatoms. The largest absolute Gasteiger partial charge is 0.352 e. The highest BCUT2D eigenvalue weighted by Crippen LogP contribution is 2.27. The van der Waals surface area contributed by atoms with Gasteiger partial charge in [-0.2, -0.15) is 0 Å². The number of rotatable bonds is 13. The minimum atomic E-state index is -3.62. The Morgan fingerprint density at radius 2 is 1.52 bits per heavy atom. The fraction of sp³-hybridized carbons (Fsp3) is 0.355. The van der Waals surface area contributed by atoms with Crippen molar-refractivity contribution in [1.82, 2.24) is 10.2 Å². The van der Waals surface area contributed by atoms with Gasteiger partial charge in [-0.25, -0.2) is 8.42 Å². The summed E-state index contributed by atoms with van der Waals surface area (Å²) in [7, 11) is -3.62. The van der Waals surface area contributed by atoms with Crippen LogP contribution in [0.3, 0.4) is 0 Å². The first-order valence-electron chi connectivity index (χ1n) is 13.4. The second-order valence-corrected chi connectivity index (χ2v) is 12.6. The molecule has 1 N–H and O–H groups in total. The molecule has 1 unspecified atom stereocenters. The fourth-order valence-corrected chi connectivity index (χ4v) is 5.73. The molecule has 214 valence electrons. The summed E-state index contributed by atoms with van der Waals surface area (Å²) in [6, 6.07) is 23.4. The summed E-state index contributed by atoms with van der Waals surface area (Å²) in [5.74, 6) is -0.449. The fourth-order valence-electron chi connectivity index (χ4n) is 4.55. The third-order valence-electron chi connectivity index (χ3n) is 6.49. The van der Waals surface area contributed by atoms with Gasteiger partial charge < -0.3 is 10.2 Å². The van der Waals surface area contributed by atoms with E-state index in [0.29, 0.717) is 17.1 Å². The van der Waals surface area contributed by atoms with Gasteiger partial charge in [-0.15, -0.1) is 0 Å². The van der Waals surface area contributed by atoms with Crippen molar-refractivity contribution in [2.75, 3.05) is 17.1 Å². The van der Waals surface area contributed by atoms with Crippen molar-refractivity contribution in [3.63, 3.8) is 0 Å². The number of nitrogens with zero attached hydrogens (tertiary/aromatic N) is 2. The Balaban J connectivity index is 1.88. The number of halogens is 1. The molecule has 3 aromatic rings. The van der Waals surface area contributed by atoms with Crippen LogP contribution in [0.4, 0.5) is 5.69 Å². The molecule has 7 nitrogen and oxygen atoms in total. The monoisotopic (exact) mass is 583 g/mol. The molecular formula is C31H38ClN3O4S.